The van der Waals surface area contributed by atoms with Crippen LogP contribution in [0.25, 0.3) is 61.2 Å². The molecule has 0 spiro atoms. The first-order valence-corrected chi connectivity index (χ1v) is 16.3. The van der Waals surface area contributed by atoms with Crippen LogP contribution in [0.3, 0.4) is 0 Å². The van der Waals surface area contributed by atoms with Crippen LogP contribution in [0, 0.1) is 57.6 Å². The van der Waals surface area contributed by atoms with Crippen LogP contribution in [0.5, 0.6) is 11.5 Å². The molecule has 4 nitrogen and oxygen atoms in total. The van der Waals surface area contributed by atoms with Gasteiger partial charge in [0, 0.05) is 16.7 Å². The zero-order chi connectivity index (χ0) is 41.8. The summed E-state index contributed by atoms with van der Waals surface area (Å²) in [4.78, 5) is 0. The Morgan fingerprint density at radius 3 is 1.00 bits per heavy atom. The molecular weight excluding hydrogens is 792 g/mol. The highest BCUT2D eigenvalue weighted by Gasteiger charge is 2.37. The van der Waals surface area contributed by atoms with E-state index in [4.69, 9.17) is 0 Å². The second-order valence-corrected chi connectivity index (χ2v) is 12.5. The van der Waals surface area contributed by atoms with Crippen LogP contribution >= 0.6 is 0 Å². The van der Waals surface area contributed by atoms with Gasteiger partial charge in [0.25, 0.3) is 0 Å². The largest absolute Gasteiger partial charge is 0.573 e. The topological polar surface area (TPSA) is 66.0 Å². The maximum Gasteiger partial charge on any atom is 0.573 e. The van der Waals surface area contributed by atoms with Gasteiger partial charge in [0.1, 0.15) is 29.2 Å². The molecule has 7 rings (SSSR count). The van der Waals surface area contributed by atoms with Gasteiger partial charge in [-0.2, -0.15) is 10.5 Å². The van der Waals surface area contributed by atoms with Crippen molar-refractivity contribution in [3.8, 4) is 79.3 Å². The van der Waals surface area contributed by atoms with Crippen LogP contribution in [0.15, 0.2) is 103 Å². The van der Waals surface area contributed by atoms with E-state index >= 15 is 0 Å². The fourth-order valence-corrected chi connectivity index (χ4v) is 6.57. The predicted octanol–water partition coefficient (Wildman–Crippen LogP) is 12.8. The van der Waals surface area contributed by atoms with Crippen LogP contribution < -0.4 is 9.47 Å². The van der Waals surface area contributed by atoms with Gasteiger partial charge in [0.2, 0.25) is 0 Å². The number of ether oxygens (including phenoxy) is 2. The number of hydrogen-bond acceptors (Lipinski definition) is 4. The maximum atomic E-state index is 14.0. The molecule has 0 radical (unpaired) electrons. The Labute approximate surface area is 318 Å². The molecule has 1 aliphatic carbocycles. The molecule has 1 aliphatic rings. The van der Waals surface area contributed by atoms with Crippen molar-refractivity contribution in [3.63, 3.8) is 0 Å². The van der Waals surface area contributed by atoms with Gasteiger partial charge in [0.15, 0.2) is 34.9 Å². The fourth-order valence-electron chi connectivity index (χ4n) is 6.57. The first kappa shape index (κ1) is 39.1. The Kier molecular flexibility index (Phi) is 9.68. The molecule has 0 heterocycles. The van der Waals surface area contributed by atoms with E-state index in [-0.39, 0.29) is 72.3 Å². The van der Waals surface area contributed by atoms with E-state index < -0.39 is 64.7 Å². The molecular formula is C42H16F12N2O2. The Hall–Kier alpha value is -7.20. The van der Waals surface area contributed by atoms with Crippen LogP contribution in [0.1, 0.15) is 11.1 Å². The summed E-state index contributed by atoms with van der Waals surface area (Å²) in [6.45, 7) is 0. The van der Waals surface area contributed by atoms with Gasteiger partial charge in [-0.1, -0.05) is 48.5 Å². The number of rotatable bonds is 6. The van der Waals surface area contributed by atoms with E-state index in [1.54, 1.807) is 12.1 Å². The summed E-state index contributed by atoms with van der Waals surface area (Å²) in [6.07, 6.45) is -10.6. The quantitative estimate of drug-likeness (QED) is 0.0953. The van der Waals surface area contributed by atoms with Gasteiger partial charge in [-0.25, -0.2) is 26.3 Å². The first-order valence-electron chi connectivity index (χ1n) is 16.3. The molecule has 6 aromatic rings. The van der Waals surface area contributed by atoms with Gasteiger partial charge in [-0.15, -0.1) is 26.3 Å². The third-order valence-electron chi connectivity index (χ3n) is 9.02. The molecule has 16 heteroatoms. The van der Waals surface area contributed by atoms with E-state index in [2.05, 4.69) is 9.47 Å². The van der Waals surface area contributed by atoms with Crippen LogP contribution in [-0.2, 0) is 0 Å². The number of fused-ring (bicyclic) bond motifs is 3. The van der Waals surface area contributed by atoms with E-state index in [1.165, 1.54) is 60.7 Å². The number of nitriles is 2. The molecule has 0 atom stereocenters. The minimum atomic E-state index is -5.31. The smallest absolute Gasteiger partial charge is 0.405 e. The monoisotopic (exact) mass is 808 g/mol. The summed E-state index contributed by atoms with van der Waals surface area (Å²) in [6, 6.07) is 20.2. The summed E-state index contributed by atoms with van der Waals surface area (Å²) in [7, 11) is 0. The summed E-state index contributed by atoms with van der Waals surface area (Å²) in [5.74, 6) is -11.1. The molecule has 0 bridgehead atoms. The summed E-state index contributed by atoms with van der Waals surface area (Å²) >= 11 is 0. The van der Waals surface area contributed by atoms with Gasteiger partial charge in [0.05, 0.1) is 0 Å². The SMILES string of the molecule is N#CC(C#N)=C1c2cc(OC(F)(F)F)c(-c3ccc(-c4cc(F)c(F)c(F)c4)cc3)cc2-c2cc(-c3ccc(-c4cc(F)c(F)c(F)c4)cc3)c(OC(F)(F)F)cc21. The van der Waals surface area contributed by atoms with Crippen molar-refractivity contribution in [1.82, 2.24) is 0 Å². The molecule has 290 valence electrons. The molecule has 0 unspecified atom stereocenters. The fraction of sp³-hybridized carbons (Fsp3) is 0.0476. The molecule has 0 aromatic heterocycles. The lowest BCUT2D eigenvalue weighted by Crippen LogP contribution is -2.17. The number of alkyl halides is 6. The second-order valence-electron chi connectivity index (χ2n) is 12.5. The van der Waals surface area contributed by atoms with Crippen molar-refractivity contribution in [1.29, 1.82) is 10.5 Å². The van der Waals surface area contributed by atoms with Crippen LogP contribution in [-0.4, -0.2) is 12.7 Å². The molecule has 0 amide bonds. The van der Waals surface area contributed by atoms with E-state index in [9.17, 15) is 63.2 Å². The standard InChI is InChI=1S/C42H16F12N2O2/c43-32-9-23(10-33(44)39(32)47)19-1-5-21(6-2-19)26-13-28-29-14-27(22-7-3-20(4-8-22)24-11-34(45)40(48)35(46)12-24)37(58-42(52,53)54)16-31(29)38(25(17-55)18-56)30(28)15-36(26)57-41(49,50)51/h1-16H. The van der Waals surface area contributed by atoms with Gasteiger partial charge in [-0.3, -0.25) is 0 Å². The van der Waals surface area contributed by atoms with Crippen molar-refractivity contribution >= 4 is 5.57 Å². The molecule has 6 aromatic carbocycles. The average molecular weight is 809 g/mol. The highest BCUT2D eigenvalue weighted by atomic mass is 19.4. The van der Waals surface area contributed by atoms with Crippen LogP contribution in [0.2, 0.25) is 0 Å². The lowest BCUT2D eigenvalue weighted by molar-refractivity contribution is -0.275. The minimum Gasteiger partial charge on any atom is -0.405 e. The average Bonchev–Trinajstić information content (AvgIpc) is 3.46. The first-order chi connectivity index (χ1) is 27.3. The van der Waals surface area contributed by atoms with Crippen molar-refractivity contribution in [2.45, 2.75) is 12.7 Å². The molecule has 0 saturated carbocycles. The molecule has 0 fully saturated rings. The van der Waals surface area contributed by atoms with E-state index in [0.717, 1.165) is 12.1 Å². The van der Waals surface area contributed by atoms with Gasteiger partial charge < -0.3 is 9.47 Å². The lowest BCUT2D eigenvalue weighted by Gasteiger charge is -2.17. The van der Waals surface area contributed by atoms with E-state index in [1.807, 2.05) is 0 Å². The van der Waals surface area contributed by atoms with Crippen LogP contribution in [0.4, 0.5) is 52.7 Å². The number of benzene rings is 6. The van der Waals surface area contributed by atoms with Gasteiger partial charge in [-0.05, 0) is 104 Å². The normalized spacial score (nSPS) is 12.1. The summed E-state index contributed by atoms with van der Waals surface area (Å²) < 4.78 is 175. The number of hydrogen-bond donors (Lipinski definition) is 0. The van der Waals surface area contributed by atoms with Crippen molar-refractivity contribution in [3.05, 3.63) is 149 Å². The van der Waals surface area contributed by atoms with Crippen molar-refractivity contribution < 1.29 is 62.2 Å². The highest BCUT2D eigenvalue weighted by molar-refractivity contribution is 6.07. The lowest BCUT2D eigenvalue weighted by atomic mass is 9.93. The third kappa shape index (κ3) is 7.39. The Bertz CT molecular complexity index is 2540. The summed E-state index contributed by atoms with van der Waals surface area (Å²) in [5, 5.41) is 19.7. The zero-order valence-corrected chi connectivity index (χ0v) is 28.5. The number of allylic oxidation sites excluding steroid dienone is 1. The second kappa shape index (κ2) is 14.4. The maximum absolute atomic E-state index is 14.0. The van der Waals surface area contributed by atoms with Crippen molar-refractivity contribution in [2.24, 2.45) is 0 Å². The van der Waals surface area contributed by atoms with Crippen molar-refractivity contribution in [2.75, 3.05) is 0 Å². The number of nitrogens with zero attached hydrogens (tertiary/aromatic N) is 2. The number of halogens is 12. The molecule has 0 aliphatic heterocycles. The highest BCUT2D eigenvalue weighted by Crippen LogP contribution is 2.53. The zero-order valence-electron chi connectivity index (χ0n) is 28.5. The molecule has 0 saturated heterocycles. The third-order valence-corrected chi connectivity index (χ3v) is 9.02. The van der Waals surface area contributed by atoms with E-state index in [0.29, 0.717) is 24.3 Å². The predicted molar refractivity (Wildman–Crippen MR) is 184 cm³/mol. The van der Waals surface area contributed by atoms with Gasteiger partial charge >= 0.3 is 12.7 Å². The Morgan fingerprint density at radius 2 is 0.707 bits per heavy atom. The minimum absolute atomic E-state index is 0.0233. The molecule has 58 heavy (non-hydrogen) atoms. The molecule has 0 N–H and O–H groups in total. The Morgan fingerprint density at radius 1 is 0.397 bits per heavy atom. The Balaban J connectivity index is 1.43. The summed E-state index contributed by atoms with van der Waals surface area (Å²) in [5.41, 5.74) is -1.85.